The maximum atomic E-state index is 12.8. The van der Waals surface area contributed by atoms with Crippen LogP contribution in [0.1, 0.15) is 46.9 Å². The van der Waals surface area contributed by atoms with Crippen LogP contribution in [0.25, 0.3) is 22.5 Å². The molecule has 1 fully saturated rings. The topological polar surface area (TPSA) is 107 Å². The Morgan fingerprint density at radius 3 is 2.83 bits per heavy atom. The zero-order chi connectivity index (χ0) is 24.4. The van der Waals surface area contributed by atoms with E-state index in [1.807, 2.05) is 29.9 Å². The first-order valence-corrected chi connectivity index (χ1v) is 12.0. The highest BCUT2D eigenvalue weighted by Crippen LogP contribution is 2.34. The Morgan fingerprint density at radius 1 is 1.20 bits per heavy atom. The van der Waals surface area contributed by atoms with Gasteiger partial charge < -0.3 is 19.8 Å². The Bertz CT molecular complexity index is 1350. The average Bonchev–Trinajstić information content (AvgIpc) is 3.53. The summed E-state index contributed by atoms with van der Waals surface area (Å²) in [6.07, 6.45) is 6.76. The van der Waals surface area contributed by atoms with Gasteiger partial charge in [0.05, 0.1) is 22.8 Å². The van der Waals surface area contributed by atoms with Gasteiger partial charge in [0.2, 0.25) is 5.89 Å². The van der Waals surface area contributed by atoms with E-state index < -0.39 is 0 Å². The number of aromatic nitrogens is 4. The maximum absolute atomic E-state index is 12.8. The van der Waals surface area contributed by atoms with Crippen molar-refractivity contribution in [2.45, 2.75) is 52.7 Å². The minimum absolute atomic E-state index is 0.228. The molecule has 9 nitrogen and oxygen atoms in total. The fraction of sp³-hybridized carbons (Fsp3) is 0.385. The highest BCUT2D eigenvalue weighted by molar-refractivity contribution is 5.97. The summed E-state index contributed by atoms with van der Waals surface area (Å²) in [5.41, 5.74) is 6.03. The summed E-state index contributed by atoms with van der Waals surface area (Å²) in [7, 11) is 0. The van der Waals surface area contributed by atoms with Gasteiger partial charge in [0, 0.05) is 38.5 Å². The first-order valence-electron chi connectivity index (χ1n) is 12.0. The van der Waals surface area contributed by atoms with E-state index in [1.165, 1.54) is 17.4 Å². The summed E-state index contributed by atoms with van der Waals surface area (Å²) in [6.45, 7) is 8.74. The molecule has 1 saturated heterocycles. The summed E-state index contributed by atoms with van der Waals surface area (Å²) in [5.74, 6) is 0.0581. The van der Waals surface area contributed by atoms with Crippen molar-refractivity contribution in [1.82, 2.24) is 25.1 Å². The van der Waals surface area contributed by atoms with Crippen LogP contribution in [-0.4, -0.2) is 44.9 Å². The molecule has 35 heavy (non-hydrogen) atoms. The van der Waals surface area contributed by atoms with E-state index in [-0.39, 0.29) is 17.6 Å². The second-order valence-corrected chi connectivity index (χ2v) is 8.86. The summed E-state index contributed by atoms with van der Waals surface area (Å²) < 4.78 is 13.1. The van der Waals surface area contributed by atoms with E-state index in [0.29, 0.717) is 18.0 Å². The van der Waals surface area contributed by atoms with Crippen molar-refractivity contribution in [2.24, 2.45) is 0 Å². The molecule has 2 N–H and O–H groups in total. The van der Waals surface area contributed by atoms with Crippen molar-refractivity contribution < 1.29 is 13.9 Å². The number of carbonyl (C=O) groups excluding carboxylic acids is 1. The van der Waals surface area contributed by atoms with Crippen molar-refractivity contribution >= 4 is 22.6 Å². The Morgan fingerprint density at radius 2 is 2.03 bits per heavy atom. The number of nitrogens with zero attached hydrogens (tertiary/aromatic N) is 4. The number of ether oxygens (including phenoxy) is 1. The average molecular weight is 475 g/mol. The third kappa shape index (κ3) is 4.64. The molecule has 1 amide bonds. The first-order chi connectivity index (χ1) is 17.0. The van der Waals surface area contributed by atoms with Gasteiger partial charge in [-0.05, 0) is 50.3 Å². The van der Waals surface area contributed by atoms with Gasteiger partial charge in [0.25, 0.3) is 5.91 Å². The molecule has 1 aliphatic heterocycles. The van der Waals surface area contributed by atoms with Crippen molar-refractivity contribution in [1.29, 1.82) is 0 Å². The quantitative estimate of drug-likeness (QED) is 0.412. The fourth-order valence-corrected chi connectivity index (χ4v) is 4.39. The second kappa shape index (κ2) is 9.87. The number of oxazole rings is 1. The minimum atomic E-state index is -0.285. The van der Waals surface area contributed by atoms with Crippen LogP contribution in [0.15, 0.2) is 41.3 Å². The SMILES string of the molecule is CCn1ncc2c(NC3CCOCC3)c(-c3nc(C(=O)NCc4cccc(C)c4C)co3)cnc21. The summed E-state index contributed by atoms with van der Waals surface area (Å²) in [4.78, 5) is 22.0. The van der Waals surface area contributed by atoms with Crippen LogP contribution < -0.4 is 10.6 Å². The summed E-state index contributed by atoms with van der Waals surface area (Å²) in [5, 5.41) is 12.0. The Hall–Kier alpha value is -3.72. The third-order valence-electron chi connectivity index (χ3n) is 6.66. The third-order valence-corrected chi connectivity index (χ3v) is 6.66. The molecule has 182 valence electrons. The lowest BCUT2D eigenvalue weighted by molar-refractivity contribution is 0.0904. The second-order valence-electron chi connectivity index (χ2n) is 8.86. The molecule has 3 aromatic heterocycles. The van der Waals surface area contributed by atoms with Gasteiger partial charge in [-0.2, -0.15) is 5.10 Å². The van der Waals surface area contributed by atoms with E-state index in [2.05, 4.69) is 45.6 Å². The Balaban J connectivity index is 1.42. The molecule has 0 unspecified atom stereocenters. The molecule has 0 aliphatic carbocycles. The van der Waals surface area contributed by atoms with E-state index in [0.717, 1.165) is 54.9 Å². The molecule has 9 heteroatoms. The molecule has 0 radical (unpaired) electrons. The van der Waals surface area contributed by atoms with Crippen LogP contribution >= 0.6 is 0 Å². The predicted molar refractivity (Wildman–Crippen MR) is 133 cm³/mol. The molecule has 0 spiro atoms. The van der Waals surface area contributed by atoms with Crippen molar-refractivity contribution in [2.75, 3.05) is 18.5 Å². The van der Waals surface area contributed by atoms with Crippen molar-refractivity contribution in [3.05, 3.63) is 59.2 Å². The van der Waals surface area contributed by atoms with Crippen molar-refractivity contribution in [3.8, 4) is 11.5 Å². The number of anilines is 1. The largest absolute Gasteiger partial charge is 0.443 e. The summed E-state index contributed by atoms with van der Waals surface area (Å²) >= 11 is 0. The van der Waals surface area contributed by atoms with Gasteiger partial charge >= 0.3 is 0 Å². The first kappa shape index (κ1) is 23.0. The molecule has 1 aromatic carbocycles. The van der Waals surface area contributed by atoms with Gasteiger partial charge in [-0.3, -0.25) is 4.79 Å². The number of carbonyl (C=O) groups is 1. The van der Waals surface area contributed by atoms with E-state index in [9.17, 15) is 4.79 Å². The smallest absolute Gasteiger partial charge is 0.273 e. The summed E-state index contributed by atoms with van der Waals surface area (Å²) in [6, 6.07) is 6.33. The number of hydrogen-bond acceptors (Lipinski definition) is 7. The molecule has 4 aromatic rings. The number of hydrogen-bond donors (Lipinski definition) is 2. The molecule has 0 bridgehead atoms. The predicted octanol–water partition coefficient (Wildman–Crippen LogP) is 4.24. The van der Waals surface area contributed by atoms with Crippen LogP contribution in [0.4, 0.5) is 5.69 Å². The van der Waals surface area contributed by atoms with E-state index in [4.69, 9.17) is 9.15 Å². The molecule has 0 saturated carbocycles. The number of fused-ring (bicyclic) bond motifs is 1. The van der Waals surface area contributed by atoms with Gasteiger partial charge in [-0.25, -0.2) is 14.6 Å². The maximum Gasteiger partial charge on any atom is 0.273 e. The Kier molecular flexibility index (Phi) is 6.50. The lowest BCUT2D eigenvalue weighted by atomic mass is 10.0. The normalized spacial score (nSPS) is 14.4. The van der Waals surface area contributed by atoms with E-state index in [1.54, 1.807) is 6.20 Å². The zero-order valence-electron chi connectivity index (χ0n) is 20.3. The lowest BCUT2D eigenvalue weighted by Gasteiger charge is -2.25. The molecular formula is C26H30N6O3. The monoisotopic (exact) mass is 474 g/mol. The molecule has 1 aliphatic rings. The van der Waals surface area contributed by atoms with Crippen LogP contribution in [0.2, 0.25) is 0 Å². The van der Waals surface area contributed by atoms with Gasteiger partial charge in [0.15, 0.2) is 11.3 Å². The number of aryl methyl sites for hydroxylation is 2. The molecule has 5 rings (SSSR count). The zero-order valence-corrected chi connectivity index (χ0v) is 20.3. The van der Waals surface area contributed by atoms with Crippen LogP contribution in [0.3, 0.4) is 0 Å². The number of rotatable bonds is 7. The lowest BCUT2D eigenvalue weighted by Crippen LogP contribution is -2.28. The highest BCUT2D eigenvalue weighted by atomic mass is 16.5. The van der Waals surface area contributed by atoms with Crippen molar-refractivity contribution in [3.63, 3.8) is 0 Å². The van der Waals surface area contributed by atoms with Gasteiger partial charge in [-0.1, -0.05) is 18.2 Å². The van der Waals surface area contributed by atoms with Gasteiger partial charge in [0.1, 0.15) is 6.26 Å². The Labute approximate surface area is 203 Å². The fourth-order valence-electron chi connectivity index (χ4n) is 4.39. The number of pyridine rings is 1. The molecule has 0 atom stereocenters. The molecular weight excluding hydrogens is 444 g/mol. The van der Waals surface area contributed by atoms with Crippen LogP contribution in [0.5, 0.6) is 0 Å². The van der Waals surface area contributed by atoms with E-state index >= 15 is 0 Å². The van der Waals surface area contributed by atoms with Crippen LogP contribution in [0, 0.1) is 13.8 Å². The molecule has 4 heterocycles. The number of benzene rings is 1. The van der Waals surface area contributed by atoms with Gasteiger partial charge in [-0.15, -0.1) is 0 Å². The van der Waals surface area contributed by atoms with Crippen LogP contribution in [-0.2, 0) is 17.8 Å². The highest BCUT2D eigenvalue weighted by Gasteiger charge is 2.23. The standard InChI is InChI=1S/C26H30N6O3/c1-4-32-24-20(14-29-32)23(30-19-8-10-34-11-9-19)21(13-27-24)26-31-22(15-35-26)25(33)28-12-18-7-5-6-16(2)17(18)3/h5-7,13-15,19H,4,8-12H2,1-3H3,(H,27,30)(H,28,33). The number of amides is 1. The minimum Gasteiger partial charge on any atom is -0.443 e. The number of nitrogens with one attached hydrogen (secondary N) is 2.